The molecule has 0 fully saturated rings. The summed E-state index contributed by atoms with van der Waals surface area (Å²) in [5, 5.41) is 1.93. The van der Waals surface area contributed by atoms with Gasteiger partial charge in [0, 0.05) is 17.8 Å². The monoisotopic (exact) mass is 307 g/mol. The van der Waals surface area contributed by atoms with Gasteiger partial charge in [-0.3, -0.25) is 4.40 Å². The first-order valence-electron chi connectivity index (χ1n) is 6.03. The number of imidazole rings is 1. The molecule has 0 saturated heterocycles. The third-order valence-electron chi connectivity index (χ3n) is 2.97. The highest BCUT2D eigenvalue weighted by Gasteiger charge is 2.16. The first kappa shape index (κ1) is 13.3. The summed E-state index contributed by atoms with van der Waals surface area (Å²) in [6.45, 7) is 1.96. The predicted molar refractivity (Wildman–Crippen MR) is 78.3 cm³/mol. The number of nitrogens with zero attached hydrogens (tertiary/aromatic N) is 2. The lowest BCUT2D eigenvalue weighted by molar-refractivity contribution is 0.580. The maximum absolute atomic E-state index is 12.2. The van der Waals surface area contributed by atoms with E-state index < -0.39 is 10.0 Å². The van der Waals surface area contributed by atoms with E-state index >= 15 is 0 Å². The number of hydrogen-bond acceptors (Lipinski definition) is 4. The van der Waals surface area contributed by atoms with Gasteiger partial charge in [0.1, 0.15) is 0 Å². The normalized spacial score (nSPS) is 12.1. The van der Waals surface area contributed by atoms with Crippen LogP contribution in [-0.4, -0.2) is 17.8 Å². The molecule has 104 valence electrons. The van der Waals surface area contributed by atoms with Gasteiger partial charge in [0.15, 0.2) is 4.96 Å². The number of aromatic nitrogens is 2. The average molecular weight is 307 g/mol. The van der Waals surface area contributed by atoms with Crippen LogP contribution in [-0.2, 0) is 16.6 Å². The Bertz CT molecular complexity index is 821. The summed E-state index contributed by atoms with van der Waals surface area (Å²) >= 11 is 1.51. The summed E-state index contributed by atoms with van der Waals surface area (Å²) in [6, 6.07) is 6.91. The summed E-state index contributed by atoms with van der Waals surface area (Å²) < 4.78 is 28.9. The zero-order valence-corrected chi connectivity index (χ0v) is 12.4. The molecule has 0 spiro atoms. The number of hydrogen-bond donors (Lipinski definition) is 1. The Morgan fingerprint density at radius 2 is 2.15 bits per heavy atom. The molecular formula is C13H13N3O2S2. The SMILES string of the molecule is Cc1ccccc1S(=O)(=O)NCc1cn2ccsc2n1. The lowest BCUT2D eigenvalue weighted by Crippen LogP contribution is -2.24. The van der Waals surface area contributed by atoms with Gasteiger partial charge in [-0.05, 0) is 18.6 Å². The van der Waals surface area contributed by atoms with Gasteiger partial charge >= 0.3 is 0 Å². The van der Waals surface area contributed by atoms with Crippen LogP contribution in [0.15, 0.2) is 46.9 Å². The molecule has 0 saturated carbocycles. The van der Waals surface area contributed by atoms with Crippen LogP contribution < -0.4 is 4.72 Å². The van der Waals surface area contributed by atoms with Gasteiger partial charge < -0.3 is 0 Å². The second-order valence-electron chi connectivity index (χ2n) is 4.42. The van der Waals surface area contributed by atoms with Gasteiger partial charge in [0.25, 0.3) is 0 Å². The molecule has 0 aliphatic heterocycles. The molecule has 5 nitrogen and oxygen atoms in total. The number of benzene rings is 1. The molecule has 1 N–H and O–H groups in total. The largest absolute Gasteiger partial charge is 0.297 e. The standard InChI is InChI=1S/C13H13N3O2S2/c1-10-4-2-3-5-12(10)20(17,18)14-8-11-9-16-6-7-19-13(16)15-11/h2-7,9,14H,8H2,1H3. The summed E-state index contributed by atoms with van der Waals surface area (Å²) in [6.07, 6.45) is 3.72. The maximum atomic E-state index is 12.2. The minimum absolute atomic E-state index is 0.186. The highest BCUT2D eigenvalue weighted by Crippen LogP contribution is 2.15. The Morgan fingerprint density at radius 3 is 2.90 bits per heavy atom. The van der Waals surface area contributed by atoms with Gasteiger partial charge in [-0.1, -0.05) is 18.2 Å². The fourth-order valence-corrected chi connectivity index (χ4v) is 3.93. The van der Waals surface area contributed by atoms with E-state index in [1.807, 2.05) is 28.2 Å². The fraction of sp³-hybridized carbons (Fsp3) is 0.154. The van der Waals surface area contributed by atoms with E-state index in [2.05, 4.69) is 9.71 Å². The molecule has 0 amide bonds. The summed E-state index contributed by atoms with van der Waals surface area (Å²) in [7, 11) is -3.51. The minimum atomic E-state index is -3.51. The summed E-state index contributed by atoms with van der Waals surface area (Å²) in [4.78, 5) is 5.51. The van der Waals surface area contributed by atoms with E-state index in [1.165, 1.54) is 11.3 Å². The molecule has 0 radical (unpaired) electrons. The van der Waals surface area contributed by atoms with Crippen molar-refractivity contribution in [1.29, 1.82) is 0 Å². The van der Waals surface area contributed by atoms with Crippen LogP contribution in [0.5, 0.6) is 0 Å². The van der Waals surface area contributed by atoms with Crippen LogP contribution >= 0.6 is 11.3 Å². The Balaban J connectivity index is 1.80. The van der Waals surface area contributed by atoms with Crippen LogP contribution in [0.2, 0.25) is 0 Å². The van der Waals surface area contributed by atoms with E-state index in [1.54, 1.807) is 25.1 Å². The molecule has 20 heavy (non-hydrogen) atoms. The van der Waals surface area contributed by atoms with Crippen molar-refractivity contribution in [2.75, 3.05) is 0 Å². The lowest BCUT2D eigenvalue weighted by Gasteiger charge is -2.07. The first-order chi connectivity index (χ1) is 9.56. The Hall–Kier alpha value is -1.70. The Morgan fingerprint density at radius 1 is 1.35 bits per heavy atom. The van der Waals surface area contributed by atoms with Gasteiger partial charge in [0.2, 0.25) is 10.0 Å². The predicted octanol–water partition coefficient (Wildman–Crippen LogP) is 2.18. The van der Waals surface area contributed by atoms with Crippen molar-refractivity contribution in [2.24, 2.45) is 0 Å². The number of nitrogens with one attached hydrogen (secondary N) is 1. The minimum Gasteiger partial charge on any atom is -0.297 e. The second kappa shape index (κ2) is 5.01. The first-order valence-corrected chi connectivity index (χ1v) is 8.39. The zero-order chi connectivity index (χ0) is 14.2. The van der Waals surface area contributed by atoms with Gasteiger partial charge in [-0.2, -0.15) is 0 Å². The molecule has 0 atom stereocenters. The maximum Gasteiger partial charge on any atom is 0.241 e. The van der Waals surface area contributed by atoms with Gasteiger partial charge in [0.05, 0.1) is 17.1 Å². The third-order valence-corrected chi connectivity index (χ3v) is 5.30. The van der Waals surface area contributed by atoms with Crippen molar-refractivity contribution in [1.82, 2.24) is 14.1 Å². The van der Waals surface area contributed by atoms with Crippen molar-refractivity contribution in [3.63, 3.8) is 0 Å². The molecule has 0 aliphatic rings. The number of sulfonamides is 1. The second-order valence-corrected chi connectivity index (χ2v) is 7.02. The van der Waals surface area contributed by atoms with Crippen LogP contribution in [0.1, 0.15) is 11.3 Å². The topological polar surface area (TPSA) is 63.5 Å². The average Bonchev–Trinajstić information content (AvgIpc) is 2.97. The van der Waals surface area contributed by atoms with E-state index in [9.17, 15) is 8.42 Å². The third kappa shape index (κ3) is 2.47. The Labute approximate surface area is 121 Å². The molecule has 0 aliphatic carbocycles. The molecule has 0 unspecified atom stereocenters. The lowest BCUT2D eigenvalue weighted by atomic mass is 10.2. The van der Waals surface area contributed by atoms with Gasteiger partial charge in [-0.25, -0.2) is 18.1 Å². The van der Waals surface area contributed by atoms with E-state index in [4.69, 9.17) is 0 Å². The van der Waals surface area contributed by atoms with E-state index in [0.29, 0.717) is 10.6 Å². The van der Waals surface area contributed by atoms with Crippen molar-refractivity contribution in [2.45, 2.75) is 18.4 Å². The fourth-order valence-electron chi connectivity index (χ4n) is 1.97. The number of aryl methyl sites for hydroxylation is 1. The van der Waals surface area contributed by atoms with Crippen molar-refractivity contribution < 1.29 is 8.42 Å². The molecule has 2 aromatic heterocycles. The highest BCUT2D eigenvalue weighted by atomic mass is 32.2. The molecule has 2 heterocycles. The summed E-state index contributed by atoms with van der Waals surface area (Å²) in [5.74, 6) is 0. The molecule has 3 rings (SSSR count). The van der Waals surface area contributed by atoms with Crippen molar-refractivity contribution in [3.8, 4) is 0 Å². The van der Waals surface area contributed by atoms with Crippen molar-refractivity contribution >= 4 is 26.3 Å². The van der Waals surface area contributed by atoms with Crippen LogP contribution in [0, 0.1) is 6.92 Å². The quantitative estimate of drug-likeness (QED) is 0.803. The van der Waals surface area contributed by atoms with Crippen molar-refractivity contribution in [3.05, 3.63) is 53.3 Å². The van der Waals surface area contributed by atoms with Crippen LogP contribution in [0.25, 0.3) is 4.96 Å². The number of rotatable bonds is 4. The number of fused-ring (bicyclic) bond motifs is 1. The Kier molecular flexibility index (Phi) is 3.33. The zero-order valence-electron chi connectivity index (χ0n) is 10.8. The molecule has 1 aromatic carbocycles. The van der Waals surface area contributed by atoms with E-state index in [0.717, 1.165) is 10.5 Å². The van der Waals surface area contributed by atoms with Gasteiger partial charge in [-0.15, -0.1) is 11.3 Å². The van der Waals surface area contributed by atoms with E-state index in [-0.39, 0.29) is 6.54 Å². The van der Waals surface area contributed by atoms with Crippen LogP contribution in [0.3, 0.4) is 0 Å². The van der Waals surface area contributed by atoms with Crippen LogP contribution in [0.4, 0.5) is 0 Å². The number of thiazole rings is 1. The summed E-state index contributed by atoms with van der Waals surface area (Å²) in [5.41, 5.74) is 1.43. The molecule has 7 heteroatoms. The molecule has 0 bridgehead atoms. The smallest absolute Gasteiger partial charge is 0.241 e. The molecule has 3 aromatic rings. The highest BCUT2D eigenvalue weighted by molar-refractivity contribution is 7.89. The molecular weight excluding hydrogens is 294 g/mol.